The summed E-state index contributed by atoms with van der Waals surface area (Å²) in [6, 6.07) is 0. The monoisotopic (exact) mass is 209 g/mol. The Kier molecular flexibility index (Phi) is 2.96. The molecule has 0 unspecified atom stereocenters. The molecule has 1 fully saturated rings. The average molecular weight is 209 g/mol. The first-order valence-electron chi connectivity index (χ1n) is 5.16. The number of anilines is 1. The van der Waals surface area contributed by atoms with Crippen LogP contribution in [0.15, 0.2) is 11.0 Å². The lowest BCUT2D eigenvalue weighted by molar-refractivity contribution is 0.412. The van der Waals surface area contributed by atoms with Gasteiger partial charge < -0.3 is 10.6 Å². The van der Waals surface area contributed by atoms with Crippen LogP contribution in [-0.2, 0) is 0 Å². The predicted octanol–water partition coefficient (Wildman–Crippen LogP) is -0.660. The normalized spacial score (nSPS) is 18.1. The Morgan fingerprint density at radius 1 is 1.53 bits per heavy atom. The molecule has 0 bridgehead atoms. The summed E-state index contributed by atoms with van der Waals surface area (Å²) in [4.78, 5) is 16.9. The van der Waals surface area contributed by atoms with Crippen molar-refractivity contribution in [2.24, 2.45) is 11.7 Å². The molecule has 1 saturated heterocycles. The highest BCUT2D eigenvalue weighted by Gasteiger charge is 2.19. The molecule has 1 aliphatic heterocycles. The zero-order chi connectivity index (χ0) is 10.7. The maximum atomic E-state index is 11.0. The molecule has 82 valence electrons. The van der Waals surface area contributed by atoms with Crippen LogP contribution in [0.1, 0.15) is 12.8 Å². The molecule has 0 aliphatic carbocycles. The number of nitrogens with zero attached hydrogens (tertiary/aromatic N) is 3. The Bertz CT molecular complexity index is 369. The minimum Gasteiger partial charge on any atom is -0.355 e. The summed E-state index contributed by atoms with van der Waals surface area (Å²) in [6.45, 7) is 2.55. The van der Waals surface area contributed by atoms with Crippen molar-refractivity contribution in [3.63, 3.8) is 0 Å². The predicted molar refractivity (Wildman–Crippen MR) is 56.6 cm³/mol. The zero-order valence-electron chi connectivity index (χ0n) is 8.52. The first kappa shape index (κ1) is 10.1. The lowest BCUT2D eigenvalue weighted by atomic mass is 9.97. The van der Waals surface area contributed by atoms with E-state index in [-0.39, 0.29) is 0 Å². The van der Waals surface area contributed by atoms with Crippen LogP contribution in [0.3, 0.4) is 0 Å². The fraction of sp³-hybridized carbons (Fsp3) is 0.667. The molecular formula is C9H15N5O. The van der Waals surface area contributed by atoms with Gasteiger partial charge in [-0.3, -0.25) is 0 Å². The van der Waals surface area contributed by atoms with Crippen LogP contribution in [0.25, 0.3) is 0 Å². The summed E-state index contributed by atoms with van der Waals surface area (Å²) in [6.07, 6.45) is 3.71. The van der Waals surface area contributed by atoms with Gasteiger partial charge in [0.2, 0.25) is 0 Å². The lowest BCUT2D eigenvalue weighted by Gasteiger charge is -2.31. The molecule has 0 radical (unpaired) electrons. The van der Waals surface area contributed by atoms with E-state index in [4.69, 9.17) is 5.73 Å². The molecular weight excluding hydrogens is 194 g/mol. The highest BCUT2D eigenvalue weighted by molar-refractivity contribution is 5.34. The Morgan fingerprint density at radius 3 is 2.87 bits per heavy atom. The molecule has 0 saturated carbocycles. The lowest BCUT2D eigenvalue weighted by Crippen LogP contribution is -2.37. The van der Waals surface area contributed by atoms with Crippen molar-refractivity contribution in [3.8, 4) is 0 Å². The molecule has 0 spiro atoms. The largest absolute Gasteiger partial charge is 0.363 e. The van der Waals surface area contributed by atoms with E-state index in [0.717, 1.165) is 32.5 Å². The van der Waals surface area contributed by atoms with Gasteiger partial charge in [-0.05, 0) is 25.3 Å². The number of aromatic amines is 1. The molecule has 1 aromatic heterocycles. The number of nitrogens with one attached hydrogen (secondary N) is 1. The topological polar surface area (TPSA) is 87.9 Å². The van der Waals surface area contributed by atoms with E-state index in [1.807, 2.05) is 0 Å². The Hall–Kier alpha value is -1.43. The van der Waals surface area contributed by atoms with Gasteiger partial charge in [0.1, 0.15) is 0 Å². The molecule has 3 N–H and O–H groups in total. The van der Waals surface area contributed by atoms with E-state index in [2.05, 4.69) is 20.1 Å². The minimum absolute atomic E-state index is 0.395. The van der Waals surface area contributed by atoms with E-state index >= 15 is 0 Å². The first-order valence-corrected chi connectivity index (χ1v) is 5.16. The van der Waals surface area contributed by atoms with Crippen LogP contribution in [0, 0.1) is 5.92 Å². The van der Waals surface area contributed by atoms with Gasteiger partial charge in [0, 0.05) is 13.1 Å². The highest BCUT2D eigenvalue weighted by Crippen LogP contribution is 2.19. The van der Waals surface area contributed by atoms with Gasteiger partial charge >= 0.3 is 5.69 Å². The highest BCUT2D eigenvalue weighted by atomic mass is 16.1. The Morgan fingerprint density at radius 2 is 2.27 bits per heavy atom. The van der Waals surface area contributed by atoms with Gasteiger partial charge in [-0.25, -0.2) is 9.89 Å². The van der Waals surface area contributed by atoms with E-state index in [9.17, 15) is 4.79 Å². The SMILES string of the molecule is NCC1CCN(c2cn[nH]c(=O)n2)CC1. The average Bonchev–Trinajstić information content (AvgIpc) is 2.29. The van der Waals surface area contributed by atoms with E-state index < -0.39 is 5.69 Å². The van der Waals surface area contributed by atoms with Gasteiger partial charge in [-0.1, -0.05) is 0 Å². The Balaban J connectivity index is 2.04. The second-order valence-corrected chi connectivity index (χ2v) is 3.81. The summed E-state index contributed by atoms with van der Waals surface area (Å²) in [7, 11) is 0. The van der Waals surface area contributed by atoms with E-state index in [1.165, 1.54) is 0 Å². The van der Waals surface area contributed by atoms with Crippen LogP contribution in [0.4, 0.5) is 5.82 Å². The van der Waals surface area contributed by atoms with E-state index in [0.29, 0.717) is 11.7 Å². The summed E-state index contributed by atoms with van der Waals surface area (Å²) in [5.74, 6) is 1.27. The summed E-state index contributed by atoms with van der Waals surface area (Å²) < 4.78 is 0. The van der Waals surface area contributed by atoms with Gasteiger partial charge in [0.25, 0.3) is 0 Å². The van der Waals surface area contributed by atoms with Crippen molar-refractivity contribution in [1.82, 2.24) is 15.2 Å². The van der Waals surface area contributed by atoms with Gasteiger partial charge in [-0.15, -0.1) is 0 Å². The molecule has 6 heteroatoms. The van der Waals surface area contributed by atoms with Crippen LogP contribution in [0.5, 0.6) is 0 Å². The van der Waals surface area contributed by atoms with Crippen molar-refractivity contribution in [2.75, 3.05) is 24.5 Å². The second-order valence-electron chi connectivity index (χ2n) is 3.81. The van der Waals surface area contributed by atoms with Crippen molar-refractivity contribution >= 4 is 5.82 Å². The smallest absolute Gasteiger partial charge is 0.355 e. The number of rotatable bonds is 2. The van der Waals surface area contributed by atoms with Gasteiger partial charge in [0.15, 0.2) is 5.82 Å². The third kappa shape index (κ3) is 2.33. The standard InChI is InChI=1S/C9H15N5O/c10-5-7-1-3-14(4-2-7)8-6-11-13-9(15)12-8/h6-7H,1-5,10H2,(H,12,13,15). The number of hydrogen-bond donors (Lipinski definition) is 2. The van der Waals surface area contributed by atoms with E-state index in [1.54, 1.807) is 6.20 Å². The molecule has 6 nitrogen and oxygen atoms in total. The number of piperidine rings is 1. The molecule has 2 rings (SSSR count). The van der Waals surface area contributed by atoms with Gasteiger partial charge in [0.05, 0.1) is 6.20 Å². The zero-order valence-corrected chi connectivity index (χ0v) is 8.52. The molecule has 1 aliphatic rings. The van der Waals surface area contributed by atoms with Crippen molar-refractivity contribution in [2.45, 2.75) is 12.8 Å². The third-order valence-corrected chi connectivity index (χ3v) is 2.83. The van der Waals surface area contributed by atoms with Crippen LogP contribution >= 0.6 is 0 Å². The third-order valence-electron chi connectivity index (χ3n) is 2.83. The molecule has 15 heavy (non-hydrogen) atoms. The van der Waals surface area contributed by atoms with Crippen LogP contribution in [-0.4, -0.2) is 34.8 Å². The van der Waals surface area contributed by atoms with Crippen LogP contribution in [0.2, 0.25) is 0 Å². The first-order chi connectivity index (χ1) is 7.29. The maximum Gasteiger partial charge on any atom is 0.363 e. The summed E-state index contributed by atoms with van der Waals surface area (Å²) in [5.41, 5.74) is 5.22. The number of hydrogen-bond acceptors (Lipinski definition) is 5. The molecule has 0 amide bonds. The fourth-order valence-electron chi connectivity index (χ4n) is 1.85. The summed E-state index contributed by atoms with van der Waals surface area (Å²) >= 11 is 0. The fourth-order valence-corrected chi connectivity index (χ4v) is 1.85. The van der Waals surface area contributed by atoms with Crippen LogP contribution < -0.4 is 16.3 Å². The molecule has 2 heterocycles. The Labute approximate surface area is 87.5 Å². The summed E-state index contributed by atoms with van der Waals surface area (Å²) in [5, 5.41) is 6.00. The molecule has 1 aromatic rings. The second kappa shape index (κ2) is 4.39. The number of H-pyrrole nitrogens is 1. The number of aromatic nitrogens is 3. The molecule has 0 aromatic carbocycles. The van der Waals surface area contributed by atoms with Crippen molar-refractivity contribution < 1.29 is 0 Å². The quantitative estimate of drug-likeness (QED) is 0.675. The van der Waals surface area contributed by atoms with Gasteiger partial charge in [-0.2, -0.15) is 10.1 Å². The number of nitrogens with two attached hydrogens (primary N) is 1. The minimum atomic E-state index is -0.395. The van der Waals surface area contributed by atoms with Crippen molar-refractivity contribution in [1.29, 1.82) is 0 Å². The maximum absolute atomic E-state index is 11.0. The van der Waals surface area contributed by atoms with Crippen molar-refractivity contribution in [3.05, 3.63) is 16.7 Å². The molecule has 0 atom stereocenters.